The van der Waals surface area contributed by atoms with Crippen LogP contribution in [0.2, 0.25) is 0 Å². The van der Waals surface area contributed by atoms with Gasteiger partial charge in [0.05, 0.1) is 6.61 Å². The molecule has 84 valence electrons. The molecule has 0 unspecified atom stereocenters. The maximum Gasteiger partial charge on any atom is 0.303 e. The van der Waals surface area contributed by atoms with Crippen molar-refractivity contribution in [1.82, 2.24) is 5.06 Å². The summed E-state index contributed by atoms with van der Waals surface area (Å²) in [5, 5.41) is 10.5. The second kappa shape index (κ2) is 7.04. The monoisotopic (exact) mass is 223 g/mol. The van der Waals surface area contributed by atoms with Crippen LogP contribution in [-0.4, -0.2) is 35.8 Å². The summed E-state index contributed by atoms with van der Waals surface area (Å²) in [5.41, 5.74) is 0. The van der Waals surface area contributed by atoms with Crippen LogP contribution in [0.25, 0.3) is 0 Å². The first-order chi connectivity index (χ1) is 6.22. The summed E-state index contributed by atoms with van der Waals surface area (Å²) in [6, 6.07) is 0. The molecule has 1 fully saturated rings. The third-order valence-electron chi connectivity index (χ3n) is 2.35. The first-order valence-corrected chi connectivity index (χ1v) is 4.82. The van der Waals surface area contributed by atoms with Crippen LogP contribution in [0.3, 0.4) is 0 Å². The lowest BCUT2D eigenvalue weighted by atomic mass is 9.95. The first-order valence-electron chi connectivity index (χ1n) is 4.82. The highest BCUT2D eigenvalue weighted by atomic mass is 35.5. The number of halogens is 1. The number of carbonyl (C=O) groups is 1. The van der Waals surface area contributed by atoms with Crippen molar-refractivity contribution in [2.24, 2.45) is 5.92 Å². The van der Waals surface area contributed by atoms with Gasteiger partial charge in [0.1, 0.15) is 0 Å². The van der Waals surface area contributed by atoms with E-state index in [1.54, 1.807) is 0 Å². The van der Waals surface area contributed by atoms with Crippen LogP contribution >= 0.6 is 12.4 Å². The predicted octanol–water partition coefficient (Wildman–Crippen LogP) is 1.55. The third kappa shape index (κ3) is 4.79. The van der Waals surface area contributed by atoms with E-state index in [-0.39, 0.29) is 12.4 Å². The van der Waals surface area contributed by atoms with Gasteiger partial charge >= 0.3 is 5.97 Å². The van der Waals surface area contributed by atoms with Crippen molar-refractivity contribution in [2.45, 2.75) is 26.2 Å². The van der Waals surface area contributed by atoms with Crippen molar-refractivity contribution in [2.75, 3.05) is 19.7 Å². The average molecular weight is 224 g/mol. The highest BCUT2D eigenvalue weighted by Gasteiger charge is 2.21. The molecule has 1 aliphatic heterocycles. The van der Waals surface area contributed by atoms with Crippen LogP contribution < -0.4 is 0 Å². The van der Waals surface area contributed by atoms with Gasteiger partial charge in [-0.05, 0) is 25.7 Å². The molecule has 4 nitrogen and oxygen atoms in total. The van der Waals surface area contributed by atoms with E-state index in [2.05, 4.69) is 0 Å². The Bertz CT molecular complexity index is 169. The number of rotatable bonds is 4. The lowest BCUT2D eigenvalue weighted by molar-refractivity contribution is -0.171. The molecule has 0 radical (unpaired) electrons. The van der Waals surface area contributed by atoms with E-state index in [1.165, 1.54) is 0 Å². The molecule has 0 aliphatic carbocycles. The molecule has 0 aromatic heterocycles. The van der Waals surface area contributed by atoms with Crippen LogP contribution in [-0.2, 0) is 9.63 Å². The molecule has 14 heavy (non-hydrogen) atoms. The molecule has 1 rings (SSSR count). The second-order valence-corrected chi connectivity index (χ2v) is 3.39. The molecule has 0 amide bonds. The molecule has 1 N–H and O–H groups in total. The number of piperidine rings is 1. The van der Waals surface area contributed by atoms with E-state index in [1.807, 2.05) is 12.0 Å². The van der Waals surface area contributed by atoms with Crippen molar-refractivity contribution in [1.29, 1.82) is 0 Å². The van der Waals surface area contributed by atoms with Gasteiger partial charge in [-0.1, -0.05) is 0 Å². The van der Waals surface area contributed by atoms with E-state index < -0.39 is 5.97 Å². The maximum absolute atomic E-state index is 10.4. The zero-order valence-electron chi connectivity index (χ0n) is 8.44. The van der Waals surface area contributed by atoms with Gasteiger partial charge in [-0.15, -0.1) is 12.4 Å². The quantitative estimate of drug-likeness (QED) is 0.786. The number of nitrogens with zero attached hydrogens (tertiary/aromatic N) is 1. The van der Waals surface area contributed by atoms with Gasteiger partial charge in [-0.3, -0.25) is 9.63 Å². The van der Waals surface area contributed by atoms with Crippen LogP contribution in [0, 0.1) is 5.92 Å². The molecule has 0 bridgehead atoms. The summed E-state index contributed by atoms with van der Waals surface area (Å²) < 4.78 is 0. The average Bonchev–Trinajstić information content (AvgIpc) is 2.08. The number of hydrogen-bond donors (Lipinski definition) is 1. The third-order valence-corrected chi connectivity index (χ3v) is 2.35. The SMILES string of the molecule is CCON1CCC(CC(=O)O)CC1.Cl. The van der Waals surface area contributed by atoms with Crippen molar-refractivity contribution in [3.8, 4) is 0 Å². The minimum atomic E-state index is -0.685. The van der Waals surface area contributed by atoms with Crippen molar-refractivity contribution in [3.05, 3.63) is 0 Å². The summed E-state index contributed by atoms with van der Waals surface area (Å²) in [6.45, 7) is 4.39. The van der Waals surface area contributed by atoms with Gasteiger partial charge in [0.2, 0.25) is 0 Å². The van der Waals surface area contributed by atoms with Crippen molar-refractivity contribution in [3.63, 3.8) is 0 Å². The van der Waals surface area contributed by atoms with Gasteiger partial charge in [0.25, 0.3) is 0 Å². The van der Waals surface area contributed by atoms with E-state index >= 15 is 0 Å². The second-order valence-electron chi connectivity index (χ2n) is 3.39. The van der Waals surface area contributed by atoms with Gasteiger partial charge in [-0.2, -0.15) is 5.06 Å². The van der Waals surface area contributed by atoms with Crippen LogP contribution in [0.5, 0.6) is 0 Å². The fraction of sp³-hybridized carbons (Fsp3) is 0.889. The van der Waals surface area contributed by atoms with Gasteiger partial charge in [0, 0.05) is 19.5 Å². The summed E-state index contributed by atoms with van der Waals surface area (Å²) in [6.07, 6.45) is 2.18. The number of carboxylic acid groups (broad SMARTS) is 1. The molecule has 0 aromatic rings. The van der Waals surface area contributed by atoms with Gasteiger partial charge in [-0.25, -0.2) is 0 Å². The zero-order valence-corrected chi connectivity index (χ0v) is 9.26. The Morgan fingerprint density at radius 3 is 2.50 bits per heavy atom. The van der Waals surface area contributed by atoms with Gasteiger partial charge < -0.3 is 5.11 Å². The fourth-order valence-corrected chi connectivity index (χ4v) is 1.67. The highest BCUT2D eigenvalue weighted by molar-refractivity contribution is 5.85. The smallest absolute Gasteiger partial charge is 0.303 e. The summed E-state index contributed by atoms with van der Waals surface area (Å²) >= 11 is 0. The molecule has 0 aromatic carbocycles. The van der Waals surface area contributed by atoms with E-state index in [0.29, 0.717) is 18.9 Å². The van der Waals surface area contributed by atoms with Crippen LogP contribution in [0.4, 0.5) is 0 Å². The standard InChI is InChI=1S/C9H17NO3.ClH/c1-2-13-10-5-3-8(4-6-10)7-9(11)12;/h8H,2-7H2,1H3,(H,11,12);1H. The lowest BCUT2D eigenvalue weighted by Gasteiger charge is -2.29. The zero-order chi connectivity index (χ0) is 9.68. The number of hydrogen-bond acceptors (Lipinski definition) is 3. The molecule has 1 aliphatic rings. The number of aliphatic carboxylic acids is 1. The van der Waals surface area contributed by atoms with E-state index in [9.17, 15) is 4.79 Å². The first kappa shape index (κ1) is 13.7. The Balaban J connectivity index is 0.00000169. The molecular formula is C9H18ClNO3. The lowest BCUT2D eigenvalue weighted by Crippen LogP contribution is -2.34. The van der Waals surface area contributed by atoms with Crippen molar-refractivity contribution < 1.29 is 14.7 Å². The number of carboxylic acids is 1. The van der Waals surface area contributed by atoms with Crippen LogP contribution in [0.15, 0.2) is 0 Å². The fourth-order valence-electron chi connectivity index (χ4n) is 1.67. The maximum atomic E-state index is 10.4. The minimum absolute atomic E-state index is 0. The molecule has 5 heteroatoms. The Kier molecular flexibility index (Phi) is 6.87. The Morgan fingerprint density at radius 1 is 1.50 bits per heavy atom. The molecular weight excluding hydrogens is 206 g/mol. The molecule has 0 atom stereocenters. The van der Waals surface area contributed by atoms with Crippen LogP contribution in [0.1, 0.15) is 26.2 Å². The van der Waals surface area contributed by atoms with Gasteiger partial charge in [0.15, 0.2) is 0 Å². The minimum Gasteiger partial charge on any atom is -0.481 e. The van der Waals surface area contributed by atoms with E-state index in [4.69, 9.17) is 9.94 Å². The molecule has 1 heterocycles. The Labute approximate surface area is 90.6 Å². The molecule has 0 spiro atoms. The summed E-state index contributed by atoms with van der Waals surface area (Å²) in [4.78, 5) is 15.8. The summed E-state index contributed by atoms with van der Waals surface area (Å²) in [5.74, 6) is -0.343. The molecule has 0 saturated carbocycles. The Morgan fingerprint density at radius 2 is 2.07 bits per heavy atom. The number of hydroxylamine groups is 2. The normalized spacial score (nSPS) is 18.9. The van der Waals surface area contributed by atoms with E-state index in [0.717, 1.165) is 25.9 Å². The topological polar surface area (TPSA) is 49.8 Å². The molecule has 1 saturated heterocycles. The predicted molar refractivity (Wildman–Crippen MR) is 55.4 cm³/mol. The van der Waals surface area contributed by atoms with Crippen molar-refractivity contribution >= 4 is 18.4 Å². The Hall–Kier alpha value is -0.320. The highest BCUT2D eigenvalue weighted by Crippen LogP contribution is 2.20. The summed E-state index contributed by atoms with van der Waals surface area (Å²) in [7, 11) is 0. The largest absolute Gasteiger partial charge is 0.481 e.